The SMILES string of the molecule is CC(=CCOCc1ccccc1)C(F)(F)F. The van der Waals surface area contributed by atoms with Crippen molar-refractivity contribution < 1.29 is 17.9 Å². The Labute approximate surface area is 92.5 Å². The monoisotopic (exact) mass is 230 g/mol. The van der Waals surface area contributed by atoms with E-state index in [-0.39, 0.29) is 6.61 Å². The molecule has 0 fully saturated rings. The number of rotatable bonds is 4. The third-order valence-electron chi connectivity index (χ3n) is 2.07. The van der Waals surface area contributed by atoms with Crippen LogP contribution in [0.2, 0.25) is 0 Å². The molecule has 0 bridgehead atoms. The van der Waals surface area contributed by atoms with E-state index in [2.05, 4.69) is 0 Å². The first-order valence-corrected chi connectivity index (χ1v) is 4.86. The molecule has 1 nitrogen and oxygen atoms in total. The van der Waals surface area contributed by atoms with Crippen LogP contribution in [-0.4, -0.2) is 12.8 Å². The zero-order valence-electron chi connectivity index (χ0n) is 8.92. The van der Waals surface area contributed by atoms with Gasteiger partial charge in [-0.25, -0.2) is 0 Å². The summed E-state index contributed by atoms with van der Waals surface area (Å²) >= 11 is 0. The second-order valence-corrected chi connectivity index (χ2v) is 3.39. The van der Waals surface area contributed by atoms with Crippen LogP contribution in [0.3, 0.4) is 0 Å². The Hall–Kier alpha value is -1.29. The molecule has 1 aromatic carbocycles. The zero-order chi connectivity index (χ0) is 12.0. The molecule has 0 atom stereocenters. The molecule has 0 amide bonds. The number of alkyl halides is 3. The molecule has 0 heterocycles. The first kappa shape index (κ1) is 12.8. The molecule has 16 heavy (non-hydrogen) atoms. The van der Waals surface area contributed by atoms with E-state index in [0.717, 1.165) is 18.6 Å². The second-order valence-electron chi connectivity index (χ2n) is 3.39. The highest BCUT2D eigenvalue weighted by molar-refractivity contribution is 5.13. The van der Waals surface area contributed by atoms with Gasteiger partial charge < -0.3 is 4.74 Å². The molecular formula is C12H13F3O. The summed E-state index contributed by atoms with van der Waals surface area (Å²) in [5, 5.41) is 0. The summed E-state index contributed by atoms with van der Waals surface area (Å²) in [4.78, 5) is 0. The average Bonchev–Trinajstić information content (AvgIpc) is 2.24. The highest BCUT2D eigenvalue weighted by Crippen LogP contribution is 2.24. The summed E-state index contributed by atoms with van der Waals surface area (Å²) in [6, 6.07) is 9.31. The van der Waals surface area contributed by atoms with Crippen molar-refractivity contribution in [2.24, 2.45) is 0 Å². The lowest BCUT2D eigenvalue weighted by Crippen LogP contribution is -2.09. The molecule has 0 aromatic heterocycles. The largest absolute Gasteiger partial charge is 0.412 e. The summed E-state index contributed by atoms with van der Waals surface area (Å²) in [5.41, 5.74) is 0.320. The minimum Gasteiger partial charge on any atom is -0.373 e. The Bertz CT molecular complexity index is 341. The third-order valence-corrected chi connectivity index (χ3v) is 2.07. The Morgan fingerprint density at radius 1 is 1.25 bits per heavy atom. The molecule has 0 saturated carbocycles. The van der Waals surface area contributed by atoms with Gasteiger partial charge in [0, 0.05) is 5.57 Å². The van der Waals surface area contributed by atoms with Gasteiger partial charge in [-0.15, -0.1) is 0 Å². The fourth-order valence-corrected chi connectivity index (χ4v) is 1.05. The van der Waals surface area contributed by atoms with Gasteiger partial charge in [-0.1, -0.05) is 36.4 Å². The van der Waals surface area contributed by atoms with Gasteiger partial charge in [0.15, 0.2) is 0 Å². The summed E-state index contributed by atoms with van der Waals surface area (Å²) in [6.45, 7) is 1.33. The van der Waals surface area contributed by atoms with Crippen molar-refractivity contribution >= 4 is 0 Å². The molecule has 1 rings (SSSR count). The van der Waals surface area contributed by atoms with E-state index in [4.69, 9.17) is 4.74 Å². The zero-order valence-corrected chi connectivity index (χ0v) is 8.92. The van der Waals surface area contributed by atoms with Gasteiger partial charge in [0.05, 0.1) is 13.2 Å². The van der Waals surface area contributed by atoms with Crippen LogP contribution >= 0.6 is 0 Å². The molecule has 0 saturated heterocycles. The predicted molar refractivity (Wildman–Crippen MR) is 55.9 cm³/mol. The van der Waals surface area contributed by atoms with Crippen molar-refractivity contribution in [2.45, 2.75) is 19.7 Å². The number of allylic oxidation sites excluding steroid dienone is 1. The van der Waals surface area contributed by atoms with Crippen molar-refractivity contribution in [3.8, 4) is 0 Å². The van der Waals surface area contributed by atoms with Gasteiger partial charge in [-0.2, -0.15) is 13.2 Å². The third kappa shape index (κ3) is 4.49. The van der Waals surface area contributed by atoms with E-state index in [1.54, 1.807) is 0 Å². The number of halogens is 3. The summed E-state index contributed by atoms with van der Waals surface area (Å²) in [5.74, 6) is 0. The van der Waals surface area contributed by atoms with Crippen LogP contribution in [0.15, 0.2) is 42.0 Å². The van der Waals surface area contributed by atoms with Gasteiger partial charge in [-0.3, -0.25) is 0 Å². The van der Waals surface area contributed by atoms with E-state index < -0.39 is 11.7 Å². The molecule has 0 aliphatic carbocycles. The molecular weight excluding hydrogens is 217 g/mol. The summed E-state index contributed by atoms with van der Waals surface area (Å²) in [7, 11) is 0. The summed E-state index contributed by atoms with van der Waals surface area (Å²) in [6.07, 6.45) is -3.21. The van der Waals surface area contributed by atoms with Gasteiger partial charge in [0.1, 0.15) is 0 Å². The Morgan fingerprint density at radius 3 is 2.44 bits per heavy atom. The smallest absolute Gasteiger partial charge is 0.373 e. The highest BCUT2D eigenvalue weighted by atomic mass is 19.4. The Kier molecular flexibility index (Phi) is 4.55. The quantitative estimate of drug-likeness (QED) is 0.566. The normalized spacial score (nSPS) is 12.9. The van der Waals surface area contributed by atoms with Crippen molar-refractivity contribution in [3.63, 3.8) is 0 Å². The van der Waals surface area contributed by atoms with Gasteiger partial charge in [0.25, 0.3) is 0 Å². The fraction of sp³-hybridized carbons (Fsp3) is 0.333. The minimum atomic E-state index is -4.25. The molecule has 88 valence electrons. The Morgan fingerprint density at radius 2 is 1.88 bits per heavy atom. The van der Waals surface area contributed by atoms with E-state index in [1.165, 1.54) is 0 Å². The molecule has 0 aliphatic rings. The Balaban J connectivity index is 2.32. The number of ether oxygens (including phenoxy) is 1. The van der Waals surface area contributed by atoms with Crippen LogP contribution in [0.5, 0.6) is 0 Å². The number of hydrogen-bond donors (Lipinski definition) is 0. The lowest BCUT2D eigenvalue weighted by Gasteiger charge is -2.06. The lowest BCUT2D eigenvalue weighted by atomic mass is 10.2. The van der Waals surface area contributed by atoms with Gasteiger partial charge in [-0.05, 0) is 12.5 Å². The van der Waals surface area contributed by atoms with Crippen LogP contribution in [-0.2, 0) is 11.3 Å². The molecule has 4 heteroatoms. The molecule has 0 unspecified atom stereocenters. The predicted octanol–water partition coefficient (Wildman–Crippen LogP) is 3.71. The maximum atomic E-state index is 12.1. The molecule has 0 N–H and O–H groups in total. The molecule has 0 radical (unpaired) electrons. The highest BCUT2D eigenvalue weighted by Gasteiger charge is 2.29. The average molecular weight is 230 g/mol. The first-order valence-electron chi connectivity index (χ1n) is 4.86. The van der Waals surface area contributed by atoms with E-state index >= 15 is 0 Å². The van der Waals surface area contributed by atoms with Crippen molar-refractivity contribution in [1.29, 1.82) is 0 Å². The van der Waals surface area contributed by atoms with Crippen molar-refractivity contribution in [3.05, 3.63) is 47.5 Å². The topological polar surface area (TPSA) is 9.23 Å². The van der Waals surface area contributed by atoms with E-state index in [9.17, 15) is 13.2 Å². The molecule has 0 aliphatic heterocycles. The van der Waals surface area contributed by atoms with Crippen LogP contribution in [0.1, 0.15) is 12.5 Å². The number of hydrogen-bond acceptors (Lipinski definition) is 1. The van der Waals surface area contributed by atoms with E-state index in [0.29, 0.717) is 6.61 Å². The van der Waals surface area contributed by atoms with E-state index in [1.807, 2.05) is 30.3 Å². The maximum Gasteiger partial charge on any atom is 0.412 e. The lowest BCUT2D eigenvalue weighted by molar-refractivity contribution is -0.0919. The molecule has 1 aromatic rings. The fourth-order valence-electron chi connectivity index (χ4n) is 1.05. The minimum absolute atomic E-state index is 0.0275. The standard InChI is InChI=1S/C12H13F3O/c1-10(12(13,14)15)7-8-16-9-11-5-3-2-4-6-11/h2-7H,8-9H2,1H3. The van der Waals surface area contributed by atoms with Gasteiger partial charge in [0.2, 0.25) is 0 Å². The number of benzene rings is 1. The van der Waals surface area contributed by atoms with Crippen molar-refractivity contribution in [1.82, 2.24) is 0 Å². The molecule has 0 spiro atoms. The first-order chi connectivity index (χ1) is 7.50. The van der Waals surface area contributed by atoms with Crippen molar-refractivity contribution in [2.75, 3.05) is 6.61 Å². The van der Waals surface area contributed by atoms with Crippen LogP contribution in [0.4, 0.5) is 13.2 Å². The second kappa shape index (κ2) is 5.70. The van der Waals surface area contributed by atoms with Crippen LogP contribution in [0.25, 0.3) is 0 Å². The summed E-state index contributed by atoms with van der Waals surface area (Å²) < 4.78 is 41.3. The van der Waals surface area contributed by atoms with Gasteiger partial charge >= 0.3 is 6.18 Å². The van der Waals surface area contributed by atoms with Crippen LogP contribution < -0.4 is 0 Å². The maximum absolute atomic E-state index is 12.1. The van der Waals surface area contributed by atoms with Crippen LogP contribution in [0, 0.1) is 0 Å².